The predicted octanol–water partition coefficient (Wildman–Crippen LogP) is 3.89. The molecule has 7 heteroatoms. The average molecular weight is 434 g/mol. The first-order chi connectivity index (χ1) is 15.5. The summed E-state index contributed by atoms with van der Waals surface area (Å²) in [4.78, 5) is 15.0. The lowest BCUT2D eigenvalue weighted by molar-refractivity contribution is 0.0732. The number of rotatable bonds is 8. The molecule has 32 heavy (non-hydrogen) atoms. The fourth-order valence-corrected chi connectivity index (χ4v) is 4.36. The Bertz CT molecular complexity index is 1130. The summed E-state index contributed by atoms with van der Waals surface area (Å²) < 4.78 is 5.59. The fraction of sp³-hybridized carbons (Fsp3) is 0.280. The highest BCUT2D eigenvalue weighted by Crippen LogP contribution is 2.45. The molecular weight excluding hydrogens is 406 g/mol. The molecule has 0 spiro atoms. The van der Waals surface area contributed by atoms with E-state index in [1.165, 1.54) is 0 Å². The number of benzene rings is 2. The minimum Gasteiger partial charge on any atom is -0.507 e. The van der Waals surface area contributed by atoms with Crippen molar-refractivity contribution in [3.8, 4) is 22.8 Å². The van der Waals surface area contributed by atoms with Gasteiger partial charge < -0.3 is 19.8 Å². The highest BCUT2D eigenvalue weighted by Gasteiger charge is 2.42. The number of nitrogens with zero attached hydrogens (tertiary/aromatic N) is 2. The van der Waals surface area contributed by atoms with Gasteiger partial charge in [0.2, 0.25) is 0 Å². The van der Waals surface area contributed by atoms with Crippen LogP contribution in [0, 0.1) is 13.8 Å². The van der Waals surface area contributed by atoms with Crippen molar-refractivity contribution < 1.29 is 19.7 Å². The van der Waals surface area contributed by atoms with Crippen molar-refractivity contribution in [2.45, 2.75) is 26.3 Å². The number of aliphatic hydroxyl groups excluding tert-OH is 1. The van der Waals surface area contributed by atoms with Crippen molar-refractivity contribution in [3.63, 3.8) is 0 Å². The van der Waals surface area contributed by atoms with Crippen molar-refractivity contribution in [3.05, 3.63) is 77.0 Å². The number of carbonyl (C=O) groups excluding carboxylic acids is 1. The number of hydrogen-bond acceptors (Lipinski definition) is 5. The summed E-state index contributed by atoms with van der Waals surface area (Å²) in [5.41, 5.74) is 5.04. The molecule has 166 valence electrons. The second kappa shape index (κ2) is 8.88. The molecule has 0 radical (unpaired) electrons. The number of aromatic amines is 1. The van der Waals surface area contributed by atoms with Crippen LogP contribution in [0.5, 0.6) is 11.5 Å². The lowest BCUT2D eigenvalue weighted by Gasteiger charge is -2.26. The third-order valence-electron chi connectivity index (χ3n) is 5.68. The molecule has 1 unspecified atom stereocenters. The van der Waals surface area contributed by atoms with Crippen molar-refractivity contribution in [1.82, 2.24) is 15.1 Å². The van der Waals surface area contributed by atoms with Crippen molar-refractivity contribution >= 4 is 5.91 Å². The molecule has 7 nitrogen and oxygen atoms in total. The number of aryl methyl sites for hydroxylation is 2. The topological polar surface area (TPSA) is 98.7 Å². The molecule has 0 aliphatic carbocycles. The van der Waals surface area contributed by atoms with Gasteiger partial charge in [-0.25, -0.2) is 0 Å². The van der Waals surface area contributed by atoms with Crippen LogP contribution >= 0.6 is 0 Å². The number of ether oxygens (including phenoxy) is 1. The monoisotopic (exact) mass is 433 g/mol. The summed E-state index contributed by atoms with van der Waals surface area (Å²) in [7, 11) is 0. The Kier molecular flexibility index (Phi) is 6.01. The summed E-state index contributed by atoms with van der Waals surface area (Å²) in [6.07, 6.45) is 2.14. The summed E-state index contributed by atoms with van der Waals surface area (Å²) >= 11 is 0. The minimum absolute atomic E-state index is 0.0122. The molecule has 1 amide bonds. The normalized spacial score (nSPS) is 15.2. The molecule has 2 aromatic carbocycles. The quantitative estimate of drug-likeness (QED) is 0.468. The van der Waals surface area contributed by atoms with Gasteiger partial charge in [0.05, 0.1) is 6.04 Å². The Morgan fingerprint density at radius 3 is 2.66 bits per heavy atom. The lowest BCUT2D eigenvalue weighted by atomic mass is 9.93. The Labute approximate surface area is 187 Å². The van der Waals surface area contributed by atoms with Crippen molar-refractivity contribution in [1.29, 1.82) is 0 Å². The molecule has 0 fully saturated rings. The first-order valence-corrected chi connectivity index (χ1v) is 10.6. The highest BCUT2D eigenvalue weighted by molar-refractivity contribution is 6.00. The van der Waals surface area contributed by atoms with Gasteiger partial charge >= 0.3 is 0 Å². The molecule has 3 aromatic rings. The maximum absolute atomic E-state index is 13.2. The maximum atomic E-state index is 13.2. The Hall–Kier alpha value is -3.58. The number of carbonyl (C=O) groups is 1. The molecular formula is C25H27N3O4. The number of aromatic hydroxyl groups is 1. The number of aliphatic hydroxyl groups is 1. The zero-order valence-corrected chi connectivity index (χ0v) is 18.3. The third-order valence-corrected chi connectivity index (χ3v) is 5.68. The maximum Gasteiger partial charge on any atom is 0.273 e. The van der Waals surface area contributed by atoms with Crippen LogP contribution in [0.2, 0.25) is 0 Å². The molecule has 1 aliphatic rings. The van der Waals surface area contributed by atoms with E-state index in [9.17, 15) is 15.0 Å². The number of nitrogens with one attached hydrogen (secondary N) is 1. The standard InChI is InChI=1S/C25H27N3O4/c1-4-12-32-18-8-6-17(7-9-18)24-21-22(20-16(3)13-15(2)14-19(20)30)26-27-23(21)25(31)28(24)10-5-11-29/h4,6-9,13-14,24,29-30H,1,5,10-12H2,2-3H3,(H,26,27). The van der Waals surface area contributed by atoms with Crippen LogP contribution in [-0.2, 0) is 0 Å². The molecule has 1 aliphatic heterocycles. The van der Waals surface area contributed by atoms with E-state index < -0.39 is 6.04 Å². The van der Waals surface area contributed by atoms with Gasteiger partial charge in [0.1, 0.15) is 29.5 Å². The van der Waals surface area contributed by atoms with Crippen LogP contribution in [0.15, 0.2) is 49.1 Å². The van der Waals surface area contributed by atoms with Crippen LogP contribution in [0.4, 0.5) is 0 Å². The van der Waals surface area contributed by atoms with Crippen LogP contribution in [0.25, 0.3) is 11.3 Å². The molecule has 0 bridgehead atoms. The third kappa shape index (κ3) is 3.76. The summed E-state index contributed by atoms with van der Waals surface area (Å²) in [6.45, 7) is 8.30. The van der Waals surface area contributed by atoms with Gasteiger partial charge in [-0.05, 0) is 55.2 Å². The number of phenols is 1. The van der Waals surface area contributed by atoms with E-state index in [-0.39, 0.29) is 18.3 Å². The van der Waals surface area contributed by atoms with Gasteiger partial charge in [-0.3, -0.25) is 9.89 Å². The first kappa shape index (κ1) is 21.6. The van der Waals surface area contributed by atoms with Crippen LogP contribution in [0.1, 0.15) is 45.2 Å². The van der Waals surface area contributed by atoms with E-state index in [0.717, 1.165) is 22.3 Å². The van der Waals surface area contributed by atoms with Gasteiger partial charge in [0.15, 0.2) is 0 Å². The average Bonchev–Trinajstić information content (AvgIpc) is 3.29. The summed E-state index contributed by atoms with van der Waals surface area (Å²) in [5, 5.41) is 27.4. The molecule has 0 saturated heterocycles. The molecule has 2 heterocycles. The number of amides is 1. The van der Waals surface area contributed by atoms with E-state index in [4.69, 9.17) is 4.74 Å². The van der Waals surface area contributed by atoms with Crippen molar-refractivity contribution in [2.75, 3.05) is 19.8 Å². The van der Waals surface area contributed by atoms with Gasteiger partial charge in [0, 0.05) is 24.3 Å². The predicted molar refractivity (Wildman–Crippen MR) is 122 cm³/mol. The number of H-pyrrole nitrogens is 1. The fourth-order valence-electron chi connectivity index (χ4n) is 4.36. The first-order valence-electron chi connectivity index (χ1n) is 10.6. The van der Waals surface area contributed by atoms with Crippen LogP contribution in [0.3, 0.4) is 0 Å². The van der Waals surface area contributed by atoms with E-state index >= 15 is 0 Å². The van der Waals surface area contributed by atoms with E-state index in [1.54, 1.807) is 17.0 Å². The van der Waals surface area contributed by atoms with E-state index in [1.807, 2.05) is 44.2 Å². The number of aromatic nitrogens is 2. The van der Waals surface area contributed by atoms with Crippen LogP contribution < -0.4 is 4.74 Å². The number of fused-ring (bicyclic) bond motifs is 1. The van der Waals surface area contributed by atoms with Gasteiger partial charge in [-0.1, -0.05) is 30.9 Å². The number of hydrogen-bond donors (Lipinski definition) is 3. The molecule has 0 saturated carbocycles. The highest BCUT2D eigenvalue weighted by atomic mass is 16.5. The summed E-state index contributed by atoms with van der Waals surface area (Å²) in [6, 6.07) is 10.9. The Morgan fingerprint density at radius 1 is 1.25 bits per heavy atom. The molecule has 1 aromatic heterocycles. The van der Waals surface area contributed by atoms with E-state index in [0.29, 0.717) is 42.3 Å². The van der Waals surface area contributed by atoms with E-state index in [2.05, 4.69) is 16.8 Å². The van der Waals surface area contributed by atoms with Crippen molar-refractivity contribution in [2.24, 2.45) is 0 Å². The molecule has 1 atom stereocenters. The largest absolute Gasteiger partial charge is 0.507 e. The lowest BCUT2D eigenvalue weighted by Crippen LogP contribution is -2.31. The Balaban J connectivity index is 1.83. The van der Waals surface area contributed by atoms with Gasteiger partial charge in [0.25, 0.3) is 5.91 Å². The zero-order chi connectivity index (χ0) is 22.8. The summed E-state index contributed by atoms with van der Waals surface area (Å²) in [5.74, 6) is 0.665. The van der Waals surface area contributed by atoms with Gasteiger partial charge in [-0.2, -0.15) is 5.10 Å². The molecule has 4 rings (SSSR count). The second-order valence-corrected chi connectivity index (χ2v) is 7.98. The smallest absolute Gasteiger partial charge is 0.273 e. The van der Waals surface area contributed by atoms with Gasteiger partial charge in [-0.15, -0.1) is 0 Å². The van der Waals surface area contributed by atoms with Crippen LogP contribution in [-0.4, -0.2) is 51.0 Å². The minimum atomic E-state index is -0.397. The Morgan fingerprint density at radius 2 is 2.00 bits per heavy atom. The second-order valence-electron chi connectivity index (χ2n) is 7.98. The number of phenolic OH excluding ortho intramolecular Hbond substituents is 1. The zero-order valence-electron chi connectivity index (χ0n) is 18.3. The SMILES string of the molecule is C=CCOc1ccc(C2c3c(-c4c(C)cc(C)cc4O)n[nH]c3C(=O)N2CCCO)cc1. The molecule has 3 N–H and O–H groups in total.